The van der Waals surface area contributed by atoms with Crippen LogP contribution in [0.4, 0.5) is 0 Å². The fourth-order valence-corrected chi connectivity index (χ4v) is 5.64. The third-order valence-electron chi connectivity index (χ3n) is 5.42. The lowest BCUT2D eigenvalue weighted by Crippen LogP contribution is -2.33. The summed E-state index contributed by atoms with van der Waals surface area (Å²) < 4.78 is 7.18. The standard InChI is InChI=1S/C24H21N3O3S2/c1-27-23(29)17-13-20(15-7-3-2-4-8-15)32-22(17)26-24(27)31-14-21(28)25-18-11-12-30-19-10-6-5-9-16(18)19/h2-10,13,18H,11-12,14H2,1H3,(H,25,28). The summed E-state index contributed by atoms with van der Waals surface area (Å²) >= 11 is 2.76. The van der Waals surface area contributed by atoms with Crippen molar-refractivity contribution in [2.24, 2.45) is 7.05 Å². The van der Waals surface area contributed by atoms with E-state index in [2.05, 4.69) is 10.3 Å². The van der Waals surface area contributed by atoms with E-state index in [1.165, 1.54) is 27.7 Å². The molecule has 3 heterocycles. The summed E-state index contributed by atoms with van der Waals surface area (Å²) in [5.41, 5.74) is 1.95. The number of hydrogen-bond acceptors (Lipinski definition) is 6. The third-order valence-corrected chi connectivity index (χ3v) is 7.52. The van der Waals surface area contributed by atoms with Gasteiger partial charge >= 0.3 is 0 Å². The van der Waals surface area contributed by atoms with Gasteiger partial charge in [0.2, 0.25) is 5.91 Å². The molecule has 0 saturated carbocycles. The van der Waals surface area contributed by atoms with Crippen molar-refractivity contribution in [3.63, 3.8) is 0 Å². The van der Waals surface area contributed by atoms with Crippen LogP contribution in [0.5, 0.6) is 5.75 Å². The lowest BCUT2D eigenvalue weighted by atomic mass is 10.0. The minimum Gasteiger partial charge on any atom is -0.493 e. The minimum atomic E-state index is -0.102. The van der Waals surface area contributed by atoms with Gasteiger partial charge in [0.1, 0.15) is 10.6 Å². The number of fused-ring (bicyclic) bond motifs is 2. The van der Waals surface area contributed by atoms with Crippen LogP contribution in [0.15, 0.2) is 70.6 Å². The molecular formula is C24H21N3O3S2. The Morgan fingerprint density at radius 1 is 1.22 bits per heavy atom. The summed E-state index contributed by atoms with van der Waals surface area (Å²) in [4.78, 5) is 31.9. The maximum Gasteiger partial charge on any atom is 0.262 e. The molecule has 1 aliphatic rings. The summed E-state index contributed by atoms with van der Waals surface area (Å²) in [6.07, 6.45) is 0.730. The van der Waals surface area contributed by atoms with Crippen molar-refractivity contribution in [1.82, 2.24) is 14.9 Å². The van der Waals surface area contributed by atoms with Crippen molar-refractivity contribution < 1.29 is 9.53 Å². The predicted molar refractivity (Wildman–Crippen MR) is 128 cm³/mol. The molecule has 6 nitrogen and oxygen atoms in total. The van der Waals surface area contributed by atoms with Crippen LogP contribution in [0.2, 0.25) is 0 Å². The van der Waals surface area contributed by atoms with Crippen molar-refractivity contribution >= 4 is 39.2 Å². The molecule has 1 atom stereocenters. The zero-order valence-corrected chi connectivity index (χ0v) is 19.0. The average molecular weight is 464 g/mol. The van der Waals surface area contributed by atoms with E-state index in [1.807, 2.05) is 60.7 Å². The molecular weight excluding hydrogens is 442 g/mol. The number of thiophene rings is 1. The van der Waals surface area contributed by atoms with Crippen LogP contribution >= 0.6 is 23.1 Å². The molecule has 0 radical (unpaired) electrons. The quantitative estimate of drug-likeness (QED) is 0.351. The number of benzene rings is 2. The molecule has 0 aliphatic carbocycles. The van der Waals surface area contributed by atoms with Gasteiger partial charge in [0.25, 0.3) is 5.56 Å². The van der Waals surface area contributed by atoms with Crippen molar-refractivity contribution in [3.8, 4) is 16.2 Å². The minimum absolute atomic E-state index is 0.0713. The van der Waals surface area contributed by atoms with Crippen molar-refractivity contribution in [2.45, 2.75) is 17.6 Å². The number of para-hydroxylation sites is 1. The van der Waals surface area contributed by atoms with Crippen molar-refractivity contribution in [3.05, 3.63) is 76.6 Å². The van der Waals surface area contributed by atoms with E-state index >= 15 is 0 Å². The zero-order chi connectivity index (χ0) is 22.1. The van der Waals surface area contributed by atoms with Crippen LogP contribution in [-0.4, -0.2) is 27.8 Å². The maximum atomic E-state index is 12.9. The number of nitrogens with zero attached hydrogens (tertiary/aromatic N) is 2. The molecule has 5 rings (SSSR count). The SMILES string of the molecule is Cn1c(SCC(=O)NC2CCOc3ccccc32)nc2sc(-c3ccccc3)cc2c1=O. The molecule has 1 unspecified atom stereocenters. The first-order valence-corrected chi connectivity index (χ1v) is 12.1. The number of thioether (sulfide) groups is 1. The smallest absolute Gasteiger partial charge is 0.262 e. The Kier molecular flexibility index (Phi) is 5.71. The molecule has 1 aliphatic heterocycles. The molecule has 32 heavy (non-hydrogen) atoms. The van der Waals surface area contributed by atoms with Gasteiger partial charge in [-0.25, -0.2) is 4.98 Å². The highest BCUT2D eigenvalue weighted by atomic mass is 32.2. The Labute approximate surface area is 193 Å². The Balaban J connectivity index is 1.33. The molecule has 8 heteroatoms. The van der Waals surface area contributed by atoms with Crippen LogP contribution in [0.3, 0.4) is 0 Å². The van der Waals surface area contributed by atoms with Gasteiger partial charge in [-0.15, -0.1) is 11.3 Å². The van der Waals surface area contributed by atoms with Gasteiger partial charge in [-0.3, -0.25) is 14.2 Å². The summed E-state index contributed by atoms with van der Waals surface area (Å²) in [5, 5.41) is 4.22. The Morgan fingerprint density at radius 2 is 2.00 bits per heavy atom. The van der Waals surface area contributed by atoms with E-state index < -0.39 is 0 Å². The molecule has 2 aromatic carbocycles. The van der Waals surface area contributed by atoms with E-state index in [4.69, 9.17) is 4.74 Å². The number of hydrogen-bond donors (Lipinski definition) is 1. The van der Waals surface area contributed by atoms with Crippen molar-refractivity contribution in [2.75, 3.05) is 12.4 Å². The number of amides is 1. The Morgan fingerprint density at radius 3 is 2.84 bits per heavy atom. The van der Waals surface area contributed by atoms with Crippen LogP contribution in [0.25, 0.3) is 20.7 Å². The first-order chi connectivity index (χ1) is 15.6. The van der Waals surface area contributed by atoms with Crippen LogP contribution in [-0.2, 0) is 11.8 Å². The topological polar surface area (TPSA) is 73.2 Å². The van der Waals surface area contributed by atoms with Gasteiger partial charge in [0.05, 0.1) is 23.8 Å². The normalized spacial score (nSPS) is 15.2. The third kappa shape index (κ3) is 4.03. The average Bonchev–Trinajstić information content (AvgIpc) is 3.26. The van der Waals surface area contributed by atoms with Crippen LogP contribution in [0.1, 0.15) is 18.0 Å². The fraction of sp³-hybridized carbons (Fsp3) is 0.208. The van der Waals surface area contributed by atoms with E-state index in [0.29, 0.717) is 22.0 Å². The zero-order valence-electron chi connectivity index (χ0n) is 17.4. The van der Waals surface area contributed by atoms with Gasteiger partial charge in [0.15, 0.2) is 5.16 Å². The lowest BCUT2D eigenvalue weighted by molar-refractivity contribution is -0.119. The second-order valence-corrected chi connectivity index (χ2v) is 9.51. The molecule has 0 fully saturated rings. The van der Waals surface area contributed by atoms with Gasteiger partial charge in [-0.1, -0.05) is 60.3 Å². The molecule has 4 aromatic rings. The Hall–Kier alpha value is -3.10. The van der Waals surface area contributed by atoms with Crippen LogP contribution < -0.4 is 15.6 Å². The van der Waals surface area contributed by atoms with Gasteiger partial charge in [-0.2, -0.15) is 0 Å². The second-order valence-electron chi connectivity index (χ2n) is 7.54. The fourth-order valence-electron chi connectivity index (χ4n) is 3.78. The number of carbonyl (C=O) groups is 1. The number of nitrogens with one attached hydrogen (secondary N) is 1. The Bertz CT molecular complexity index is 1350. The van der Waals surface area contributed by atoms with Gasteiger partial charge in [-0.05, 0) is 17.7 Å². The van der Waals surface area contributed by atoms with E-state index in [9.17, 15) is 9.59 Å². The first-order valence-electron chi connectivity index (χ1n) is 10.3. The van der Waals surface area contributed by atoms with E-state index in [0.717, 1.165) is 28.2 Å². The molecule has 1 amide bonds. The largest absolute Gasteiger partial charge is 0.493 e. The first kappa shape index (κ1) is 20.8. The summed E-state index contributed by atoms with van der Waals surface area (Å²) in [7, 11) is 1.70. The number of rotatable bonds is 5. The second kappa shape index (κ2) is 8.80. The van der Waals surface area contributed by atoms with E-state index in [-0.39, 0.29) is 23.3 Å². The summed E-state index contributed by atoms with van der Waals surface area (Å²) in [5.74, 6) is 0.905. The maximum absolute atomic E-state index is 12.9. The molecule has 1 N–H and O–H groups in total. The monoisotopic (exact) mass is 463 g/mol. The van der Waals surface area contributed by atoms with E-state index in [1.54, 1.807) is 7.05 Å². The summed E-state index contributed by atoms with van der Waals surface area (Å²) in [6, 6.07) is 19.5. The molecule has 2 aromatic heterocycles. The molecule has 0 spiro atoms. The summed E-state index contributed by atoms with van der Waals surface area (Å²) in [6.45, 7) is 0.573. The highest BCUT2D eigenvalue weighted by Crippen LogP contribution is 2.33. The van der Waals surface area contributed by atoms with Crippen molar-refractivity contribution in [1.29, 1.82) is 0 Å². The number of carbonyl (C=O) groups excluding carboxylic acids is 1. The number of ether oxygens (including phenoxy) is 1. The molecule has 0 saturated heterocycles. The predicted octanol–water partition coefficient (Wildman–Crippen LogP) is 4.39. The molecule has 0 bridgehead atoms. The molecule has 162 valence electrons. The van der Waals surface area contributed by atoms with Crippen LogP contribution in [0, 0.1) is 0 Å². The van der Waals surface area contributed by atoms with Gasteiger partial charge < -0.3 is 10.1 Å². The highest BCUT2D eigenvalue weighted by molar-refractivity contribution is 7.99. The number of aromatic nitrogens is 2. The lowest BCUT2D eigenvalue weighted by Gasteiger charge is -2.26. The van der Waals surface area contributed by atoms with Gasteiger partial charge in [0, 0.05) is 23.9 Å². The highest BCUT2D eigenvalue weighted by Gasteiger charge is 2.23.